The zero-order valence-corrected chi connectivity index (χ0v) is 18.0. The van der Waals surface area contributed by atoms with E-state index in [9.17, 15) is 8.42 Å². The van der Waals surface area contributed by atoms with E-state index in [0.717, 1.165) is 26.9 Å². The predicted molar refractivity (Wildman–Crippen MR) is 109 cm³/mol. The number of nitrogens with one attached hydrogen (secondary N) is 2. The van der Waals surface area contributed by atoms with Crippen molar-refractivity contribution in [1.29, 1.82) is 0 Å². The molecule has 2 N–H and O–H groups in total. The summed E-state index contributed by atoms with van der Waals surface area (Å²) in [5.41, 5.74) is 5.93. The van der Waals surface area contributed by atoms with E-state index in [1.807, 2.05) is 32.0 Å². The van der Waals surface area contributed by atoms with Crippen molar-refractivity contribution >= 4 is 26.0 Å². The first-order chi connectivity index (χ1) is 13.3. The molecule has 2 aromatic carbocycles. The third-order valence-electron chi connectivity index (χ3n) is 5.02. The average molecular weight is 465 g/mol. The molecule has 148 valence electrons. The van der Waals surface area contributed by atoms with Crippen LogP contribution in [-0.2, 0) is 21.2 Å². The molecule has 2 aromatic rings. The highest BCUT2D eigenvalue weighted by atomic mass is 79.9. The number of benzene rings is 2. The lowest BCUT2D eigenvalue weighted by Gasteiger charge is -2.42. The second kappa shape index (κ2) is 7.18. The summed E-state index contributed by atoms with van der Waals surface area (Å²) in [5, 5.41) is 0. The van der Waals surface area contributed by atoms with Crippen LogP contribution in [0.4, 0.5) is 0 Å². The lowest BCUT2D eigenvalue weighted by molar-refractivity contribution is -0.00997. The lowest BCUT2D eigenvalue weighted by atomic mass is 9.85. The first kappa shape index (κ1) is 19.4. The van der Waals surface area contributed by atoms with Crippen LogP contribution < -0.4 is 15.0 Å². The molecule has 0 saturated carbocycles. The van der Waals surface area contributed by atoms with Crippen LogP contribution in [0.2, 0.25) is 0 Å². The fourth-order valence-corrected chi connectivity index (χ4v) is 4.74. The Morgan fingerprint density at radius 3 is 2.64 bits per heavy atom. The molecule has 2 heterocycles. The van der Waals surface area contributed by atoms with Gasteiger partial charge in [0.1, 0.15) is 5.75 Å². The number of halogens is 1. The van der Waals surface area contributed by atoms with E-state index >= 15 is 0 Å². The van der Waals surface area contributed by atoms with Crippen LogP contribution in [0.1, 0.15) is 18.1 Å². The standard InChI is InChI=1S/C20H21BrN2O4S/c1-13-3-6-16(7-4-13)28(24,25)23-22-18-11-26-12-20(2)17(18)10-14-9-15(21)5-8-19(14)27-20/h3-9,22-23H,10-12H2,1-2H3/t20-/m0/s1. The molecule has 0 unspecified atom stereocenters. The van der Waals surface area contributed by atoms with Crippen molar-refractivity contribution in [3.63, 3.8) is 0 Å². The van der Waals surface area contributed by atoms with Crippen LogP contribution >= 0.6 is 15.9 Å². The Morgan fingerprint density at radius 1 is 1.14 bits per heavy atom. The summed E-state index contributed by atoms with van der Waals surface area (Å²) < 4.78 is 38.1. The first-order valence-corrected chi connectivity index (χ1v) is 11.2. The van der Waals surface area contributed by atoms with Gasteiger partial charge in [0.15, 0.2) is 5.60 Å². The largest absolute Gasteiger partial charge is 0.480 e. The Hall–Kier alpha value is -1.87. The lowest BCUT2D eigenvalue weighted by Crippen LogP contribution is -2.50. The average Bonchev–Trinajstić information content (AvgIpc) is 2.65. The van der Waals surface area contributed by atoms with Gasteiger partial charge in [-0.15, -0.1) is 4.83 Å². The molecule has 0 bridgehead atoms. The summed E-state index contributed by atoms with van der Waals surface area (Å²) >= 11 is 3.49. The summed E-state index contributed by atoms with van der Waals surface area (Å²) in [7, 11) is -3.70. The van der Waals surface area contributed by atoms with Gasteiger partial charge in [0.2, 0.25) is 0 Å². The minimum atomic E-state index is -3.70. The second-order valence-electron chi connectivity index (χ2n) is 7.26. The van der Waals surface area contributed by atoms with Gasteiger partial charge in [0, 0.05) is 16.5 Å². The van der Waals surface area contributed by atoms with Crippen molar-refractivity contribution in [2.75, 3.05) is 13.2 Å². The van der Waals surface area contributed by atoms with Crippen LogP contribution in [0, 0.1) is 6.92 Å². The summed E-state index contributed by atoms with van der Waals surface area (Å²) in [6.07, 6.45) is 0.656. The van der Waals surface area contributed by atoms with Crippen LogP contribution in [0.3, 0.4) is 0 Å². The van der Waals surface area contributed by atoms with E-state index in [-0.39, 0.29) is 11.5 Å². The SMILES string of the molecule is Cc1ccc(S(=O)(=O)NNC2=C3Cc4cc(Br)ccc4O[C@@]3(C)COC2)cc1. The molecule has 6 nitrogen and oxygen atoms in total. The minimum Gasteiger partial charge on any atom is -0.480 e. The number of ether oxygens (including phenoxy) is 2. The van der Waals surface area contributed by atoms with Crippen molar-refractivity contribution in [1.82, 2.24) is 10.3 Å². The predicted octanol–water partition coefficient (Wildman–Crippen LogP) is 3.22. The van der Waals surface area contributed by atoms with Crippen molar-refractivity contribution in [2.45, 2.75) is 30.8 Å². The van der Waals surface area contributed by atoms with Gasteiger partial charge in [-0.05, 0) is 49.7 Å². The Labute approximate surface area is 173 Å². The maximum absolute atomic E-state index is 12.6. The van der Waals surface area contributed by atoms with Crippen molar-refractivity contribution in [3.05, 3.63) is 69.3 Å². The zero-order valence-electron chi connectivity index (χ0n) is 15.6. The molecule has 0 spiro atoms. The molecule has 0 aliphatic carbocycles. The Morgan fingerprint density at radius 2 is 1.89 bits per heavy atom. The summed E-state index contributed by atoms with van der Waals surface area (Å²) in [6, 6.07) is 12.6. The van der Waals surface area contributed by atoms with Crippen LogP contribution in [0.15, 0.2) is 63.1 Å². The van der Waals surface area contributed by atoms with E-state index in [1.54, 1.807) is 24.3 Å². The molecule has 28 heavy (non-hydrogen) atoms. The van der Waals surface area contributed by atoms with Gasteiger partial charge in [0.25, 0.3) is 10.0 Å². The number of aryl methyl sites for hydroxylation is 1. The third-order valence-corrected chi connectivity index (χ3v) is 6.78. The molecule has 4 rings (SSSR count). The molecule has 0 radical (unpaired) electrons. The van der Waals surface area contributed by atoms with Crippen molar-refractivity contribution < 1.29 is 17.9 Å². The van der Waals surface area contributed by atoms with Crippen molar-refractivity contribution in [3.8, 4) is 5.75 Å². The second-order valence-corrected chi connectivity index (χ2v) is 9.85. The van der Waals surface area contributed by atoms with E-state index in [1.165, 1.54) is 0 Å². The maximum atomic E-state index is 12.6. The fraction of sp³-hybridized carbons (Fsp3) is 0.300. The van der Waals surface area contributed by atoms with Crippen LogP contribution in [-0.4, -0.2) is 27.2 Å². The smallest absolute Gasteiger partial charge is 0.257 e. The fourth-order valence-electron chi connectivity index (χ4n) is 3.46. The topological polar surface area (TPSA) is 76.7 Å². The molecule has 0 aromatic heterocycles. The first-order valence-electron chi connectivity index (χ1n) is 8.89. The van der Waals surface area contributed by atoms with Gasteiger partial charge >= 0.3 is 0 Å². The molecule has 2 aliphatic rings. The number of rotatable bonds is 4. The van der Waals surface area contributed by atoms with E-state index < -0.39 is 15.6 Å². The summed E-state index contributed by atoms with van der Waals surface area (Å²) in [5.74, 6) is 0.819. The van der Waals surface area contributed by atoms with E-state index in [0.29, 0.717) is 18.7 Å². The Balaban J connectivity index is 1.62. The van der Waals surface area contributed by atoms with E-state index in [2.05, 4.69) is 26.2 Å². The Kier molecular flexibility index (Phi) is 4.99. The van der Waals surface area contributed by atoms with E-state index in [4.69, 9.17) is 9.47 Å². The minimum absolute atomic E-state index is 0.199. The zero-order chi connectivity index (χ0) is 19.9. The monoisotopic (exact) mass is 464 g/mol. The summed E-state index contributed by atoms with van der Waals surface area (Å²) in [6.45, 7) is 4.57. The highest BCUT2D eigenvalue weighted by molar-refractivity contribution is 9.10. The van der Waals surface area contributed by atoms with Gasteiger partial charge in [-0.25, -0.2) is 8.42 Å². The molecule has 0 saturated heterocycles. The van der Waals surface area contributed by atoms with Gasteiger partial charge in [-0.3, -0.25) is 0 Å². The molecule has 0 fully saturated rings. The van der Waals surface area contributed by atoms with Gasteiger partial charge in [-0.2, -0.15) is 0 Å². The number of fused-ring (bicyclic) bond motifs is 2. The molecule has 1 atom stereocenters. The molecule has 2 aliphatic heterocycles. The quantitative estimate of drug-likeness (QED) is 0.679. The van der Waals surface area contributed by atoms with Gasteiger partial charge < -0.3 is 14.9 Å². The highest BCUT2D eigenvalue weighted by Crippen LogP contribution is 2.40. The maximum Gasteiger partial charge on any atom is 0.257 e. The number of hydrogen-bond acceptors (Lipinski definition) is 5. The molecule has 8 heteroatoms. The number of hydrazine groups is 1. The van der Waals surface area contributed by atoms with Crippen LogP contribution in [0.5, 0.6) is 5.75 Å². The van der Waals surface area contributed by atoms with Gasteiger partial charge in [0.05, 0.1) is 23.8 Å². The summed E-state index contributed by atoms with van der Waals surface area (Å²) in [4.78, 5) is 2.67. The Bertz CT molecular complexity index is 1050. The van der Waals surface area contributed by atoms with Crippen molar-refractivity contribution in [2.24, 2.45) is 0 Å². The number of sulfonamides is 1. The third kappa shape index (κ3) is 3.69. The molecular formula is C20H21BrN2O4S. The highest BCUT2D eigenvalue weighted by Gasteiger charge is 2.41. The molecule has 0 amide bonds. The molecular weight excluding hydrogens is 444 g/mol. The van der Waals surface area contributed by atoms with Gasteiger partial charge in [-0.1, -0.05) is 33.6 Å². The number of hydrogen-bond donors (Lipinski definition) is 2. The normalized spacial score (nSPS) is 21.5. The van der Waals surface area contributed by atoms with Crippen LogP contribution in [0.25, 0.3) is 0 Å².